The van der Waals surface area contributed by atoms with Gasteiger partial charge in [-0.2, -0.15) is 0 Å². The molecule has 1 saturated heterocycles. The lowest BCUT2D eigenvalue weighted by molar-refractivity contribution is -0.153. The molecule has 1 amide bonds. The summed E-state index contributed by atoms with van der Waals surface area (Å²) in [6.45, 7) is 3.65. The Morgan fingerprint density at radius 1 is 1.21 bits per heavy atom. The summed E-state index contributed by atoms with van der Waals surface area (Å²) in [6, 6.07) is 7.96. The number of morpholine rings is 1. The predicted molar refractivity (Wildman–Crippen MR) is 83.1 cm³/mol. The van der Waals surface area contributed by atoms with Crippen molar-refractivity contribution in [3.05, 3.63) is 47.2 Å². The van der Waals surface area contributed by atoms with Gasteiger partial charge in [-0.25, -0.2) is 0 Å². The first kappa shape index (κ1) is 15.3. The number of hydrogen-bond donors (Lipinski definition) is 0. The van der Waals surface area contributed by atoms with Gasteiger partial charge in [0.25, 0.3) is 5.91 Å². The number of ether oxygens (including phenoxy) is 2. The molecule has 2 aromatic rings. The van der Waals surface area contributed by atoms with E-state index in [4.69, 9.17) is 13.9 Å². The number of rotatable bonds is 2. The summed E-state index contributed by atoms with van der Waals surface area (Å²) in [4.78, 5) is 14.7. The molecule has 0 unspecified atom stereocenters. The molecule has 7 heteroatoms. The van der Waals surface area contributed by atoms with Crippen LogP contribution in [0.4, 0.5) is 0 Å². The number of nitrogens with zero attached hydrogens (tertiary/aromatic N) is 3. The summed E-state index contributed by atoms with van der Waals surface area (Å²) in [6.07, 6.45) is -0.0895. The first-order valence-corrected chi connectivity index (χ1v) is 8.12. The Morgan fingerprint density at radius 3 is 2.92 bits per heavy atom. The molecule has 2 aliphatic heterocycles. The van der Waals surface area contributed by atoms with Gasteiger partial charge in [0.2, 0.25) is 11.8 Å². The fourth-order valence-electron chi connectivity index (χ4n) is 3.21. The first-order valence-electron chi connectivity index (χ1n) is 8.12. The second-order valence-electron chi connectivity index (χ2n) is 6.00. The van der Waals surface area contributed by atoms with E-state index in [1.165, 1.54) is 5.56 Å². The number of fused-ring (bicyclic) bond motifs is 1. The van der Waals surface area contributed by atoms with Crippen molar-refractivity contribution in [3.8, 4) is 0 Å². The number of amides is 1. The zero-order chi connectivity index (χ0) is 16.5. The van der Waals surface area contributed by atoms with Crippen molar-refractivity contribution in [1.82, 2.24) is 15.1 Å². The average molecular weight is 329 g/mol. The number of carbonyl (C=O) groups excluding carboxylic acids is 1. The first-order chi connectivity index (χ1) is 11.7. The Kier molecular flexibility index (Phi) is 4.03. The lowest BCUT2D eigenvalue weighted by Gasteiger charge is -2.35. The highest BCUT2D eigenvalue weighted by atomic mass is 16.5. The molecule has 1 aromatic carbocycles. The van der Waals surface area contributed by atoms with E-state index in [0.717, 1.165) is 12.0 Å². The maximum atomic E-state index is 13.0. The molecule has 0 bridgehead atoms. The van der Waals surface area contributed by atoms with Crippen LogP contribution in [0.25, 0.3) is 0 Å². The van der Waals surface area contributed by atoms with Gasteiger partial charge in [0.05, 0.1) is 19.8 Å². The number of aromatic nitrogens is 2. The highest BCUT2D eigenvalue weighted by Gasteiger charge is 2.35. The van der Waals surface area contributed by atoms with E-state index >= 15 is 0 Å². The van der Waals surface area contributed by atoms with Gasteiger partial charge in [0.1, 0.15) is 0 Å². The Labute approximate surface area is 139 Å². The third kappa shape index (κ3) is 2.81. The molecule has 1 fully saturated rings. The largest absolute Gasteiger partial charge is 0.423 e. The van der Waals surface area contributed by atoms with Crippen molar-refractivity contribution in [1.29, 1.82) is 0 Å². The molecule has 2 aliphatic rings. The molecule has 4 rings (SSSR count). The third-order valence-electron chi connectivity index (χ3n) is 4.41. The van der Waals surface area contributed by atoms with Crippen LogP contribution in [0.15, 0.2) is 28.7 Å². The van der Waals surface area contributed by atoms with Gasteiger partial charge in [0.15, 0.2) is 12.2 Å². The smallest absolute Gasteiger partial charge is 0.256 e. The van der Waals surface area contributed by atoms with Gasteiger partial charge in [-0.05, 0) is 17.5 Å². The van der Waals surface area contributed by atoms with Gasteiger partial charge < -0.3 is 18.8 Å². The van der Waals surface area contributed by atoms with Crippen LogP contribution < -0.4 is 0 Å². The Balaban J connectivity index is 1.52. The van der Waals surface area contributed by atoms with E-state index in [9.17, 15) is 4.79 Å². The summed E-state index contributed by atoms with van der Waals surface area (Å²) in [5.74, 6) is 0.864. The van der Waals surface area contributed by atoms with Crippen LogP contribution in [0.2, 0.25) is 0 Å². The minimum atomic E-state index is -0.543. The molecule has 7 nitrogen and oxygen atoms in total. The van der Waals surface area contributed by atoms with E-state index in [1.54, 1.807) is 11.8 Å². The Bertz CT molecular complexity index is 745. The summed E-state index contributed by atoms with van der Waals surface area (Å²) in [5, 5.41) is 7.83. The second-order valence-corrected chi connectivity index (χ2v) is 6.00. The lowest BCUT2D eigenvalue weighted by Crippen LogP contribution is -2.45. The molecular weight excluding hydrogens is 310 g/mol. The molecule has 0 radical (unpaired) electrons. The predicted octanol–water partition coefficient (Wildman–Crippen LogP) is 1.59. The molecule has 0 N–H and O–H groups in total. The highest BCUT2D eigenvalue weighted by Crippen LogP contribution is 2.30. The van der Waals surface area contributed by atoms with Crippen LogP contribution in [0.1, 0.15) is 35.1 Å². The maximum absolute atomic E-state index is 13.0. The number of benzene rings is 1. The van der Waals surface area contributed by atoms with Gasteiger partial charge >= 0.3 is 0 Å². The fourth-order valence-corrected chi connectivity index (χ4v) is 3.21. The molecule has 0 spiro atoms. The quantitative estimate of drug-likeness (QED) is 0.833. The Hall–Kier alpha value is -2.25. The van der Waals surface area contributed by atoms with E-state index in [1.807, 2.05) is 18.2 Å². The van der Waals surface area contributed by atoms with E-state index in [-0.39, 0.29) is 12.0 Å². The standard InChI is InChI=1S/C17H19N3O4/c1-11-18-19-16(24-11)14-10-20(7-9-22-14)17(21)15-13-5-3-2-4-12(13)6-8-23-15/h2-5,14-15H,6-10H2,1H3/t14-,15-/m1/s1. The highest BCUT2D eigenvalue weighted by molar-refractivity contribution is 5.83. The minimum Gasteiger partial charge on any atom is -0.423 e. The molecule has 0 aliphatic carbocycles. The average Bonchev–Trinajstić information content (AvgIpc) is 3.07. The van der Waals surface area contributed by atoms with E-state index < -0.39 is 6.10 Å². The van der Waals surface area contributed by atoms with Crippen molar-refractivity contribution >= 4 is 5.91 Å². The molecule has 2 atom stereocenters. The normalized spacial score (nSPS) is 23.8. The van der Waals surface area contributed by atoms with Crippen molar-refractivity contribution in [2.24, 2.45) is 0 Å². The molecule has 0 saturated carbocycles. The van der Waals surface area contributed by atoms with Crippen LogP contribution in [-0.4, -0.2) is 47.3 Å². The summed E-state index contributed by atoms with van der Waals surface area (Å²) in [5.41, 5.74) is 2.14. The van der Waals surface area contributed by atoms with Gasteiger partial charge in [-0.3, -0.25) is 4.79 Å². The summed E-state index contributed by atoms with van der Waals surface area (Å²) < 4.78 is 16.9. The number of aryl methyl sites for hydroxylation is 1. The Morgan fingerprint density at radius 2 is 2.08 bits per heavy atom. The van der Waals surface area contributed by atoms with Gasteiger partial charge in [0, 0.05) is 13.5 Å². The molecular formula is C17H19N3O4. The van der Waals surface area contributed by atoms with Crippen LogP contribution >= 0.6 is 0 Å². The summed E-state index contributed by atoms with van der Waals surface area (Å²) in [7, 11) is 0. The lowest BCUT2D eigenvalue weighted by atomic mass is 9.96. The van der Waals surface area contributed by atoms with Gasteiger partial charge in [-0.15, -0.1) is 10.2 Å². The van der Waals surface area contributed by atoms with Crippen LogP contribution in [0, 0.1) is 6.92 Å². The zero-order valence-electron chi connectivity index (χ0n) is 13.5. The third-order valence-corrected chi connectivity index (χ3v) is 4.41. The van der Waals surface area contributed by atoms with Crippen LogP contribution in [0.3, 0.4) is 0 Å². The monoisotopic (exact) mass is 329 g/mol. The molecule has 24 heavy (non-hydrogen) atoms. The van der Waals surface area contributed by atoms with Crippen molar-refractivity contribution in [3.63, 3.8) is 0 Å². The number of carbonyl (C=O) groups is 1. The second kappa shape index (κ2) is 6.33. The van der Waals surface area contributed by atoms with Crippen molar-refractivity contribution in [2.45, 2.75) is 25.6 Å². The van der Waals surface area contributed by atoms with Crippen molar-refractivity contribution in [2.75, 3.05) is 26.3 Å². The molecule has 1 aromatic heterocycles. The fraction of sp³-hybridized carbons (Fsp3) is 0.471. The van der Waals surface area contributed by atoms with E-state index in [2.05, 4.69) is 16.3 Å². The topological polar surface area (TPSA) is 77.7 Å². The summed E-state index contributed by atoms with van der Waals surface area (Å²) >= 11 is 0. The van der Waals surface area contributed by atoms with Crippen LogP contribution in [-0.2, 0) is 20.7 Å². The SMILES string of the molecule is Cc1nnc([C@H]2CN(C(=O)[C@@H]3OCCc4ccccc43)CCO2)o1. The number of hydrogen-bond acceptors (Lipinski definition) is 6. The maximum Gasteiger partial charge on any atom is 0.256 e. The van der Waals surface area contributed by atoms with E-state index in [0.29, 0.717) is 38.1 Å². The molecule has 3 heterocycles. The van der Waals surface area contributed by atoms with Crippen molar-refractivity contribution < 1.29 is 18.7 Å². The van der Waals surface area contributed by atoms with Gasteiger partial charge in [-0.1, -0.05) is 24.3 Å². The minimum absolute atomic E-state index is 0.0355. The molecule has 126 valence electrons. The zero-order valence-corrected chi connectivity index (χ0v) is 13.5. The van der Waals surface area contributed by atoms with Crippen LogP contribution in [0.5, 0.6) is 0 Å².